The van der Waals surface area contributed by atoms with E-state index in [0.717, 1.165) is 6.42 Å². The molecule has 1 saturated carbocycles. The maximum atomic E-state index is 11.7. The maximum absolute atomic E-state index is 11.7. The van der Waals surface area contributed by atoms with E-state index in [0.29, 0.717) is 11.8 Å². The van der Waals surface area contributed by atoms with Crippen LogP contribution < -0.4 is 0 Å². The lowest BCUT2D eigenvalue weighted by Gasteiger charge is -2.23. The summed E-state index contributed by atoms with van der Waals surface area (Å²) in [4.78, 5) is 23.4. The molecule has 2 aliphatic heterocycles. The number of rotatable bonds is 2. The minimum atomic E-state index is -0.466. The zero-order valence-electron chi connectivity index (χ0n) is 9.21. The Balaban J connectivity index is 1.89. The Morgan fingerprint density at radius 2 is 1.44 bits per heavy atom. The van der Waals surface area contributed by atoms with E-state index >= 15 is 0 Å². The summed E-state index contributed by atoms with van der Waals surface area (Å²) in [7, 11) is 2.68. The first-order chi connectivity index (χ1) is 7.69. The molecule has 16 heavy (non-hydrogen) atoms. The zero-order chi connectivity index (χ0) is 11.4. The fourth-order valence-electron chi connectivity index (χ4n) is 3.32. The van der Waals surface area contributed by atoms with Crippen molar-refractivity contribution < 1.29 is 23.8 Å². The van der Waals surface area contributed by atoms with Crippen LogP contribution in [-0.2, 0) is 23.8 Å². The third kappa shape index (κ3) is 1.09. The summed E-state index contributed by atoms with van der Waals surface area (Å²) in [5, 5.41) is 0. The molecule has 0 radical (unpaired) electrons. The summed E-state index contributed by atoms with van der Waals surface area (Å²) >= 11 is 0. The van der Waals surface area contributed by atoms with E-state index in [9.17, 15) is 9.59 Å². The first-order valence-electron chi connectivity index (χ1n) is 5.50. The van der Waals surface area contributed by atoms with Crippen LogP contribution in [0.15, 0.2) is 0 Å². The van der Waals surface area contributed by atoms with Crippen LogP contribution in [0.2, 0.25) is 0 Å². The van der Waals surface area contributed by atoms with Gasteiger partial charge in [-0.15, -0.1) is 0 Å². The summed E-state index contributed by atoms with van der Waals surface area (Å²) in [6.07, 6.45) is 0.800. The van der Waals surface area contributed by atoms with Crippen molar-refractivity contribution >= 4 is 11.9 Å². The number of carbonyl (C=O) groups excluding carboxylic acids is 2. The molecule has 0 aromatic heterocycles. The number of esters is 2. The molecule has 2 heterocycles. The van der Waals surface area contributed by atoms with E-state index in [-0.39, 0.29) is 24.1 Å². The second kappa shape index (κ2) is 3.20. The molecule has 2 saturated heterocycles. The average molecular weight is 226 g/mol. The lowest BCUT2D eigenvalue weighted by Crippen LogP contribution is -2.40. The molecular weight excluding hydrogens is 212 g/mol. The van der Waals surface area contributed by atoms with Crippen LogP contribution in [-0.4, -0.2) is 38.4 Å². The van der Waals surface area contributed by atoms with Crippen LogP contribution in [0.5, 0.6) is 0 Å². The first kappa shape index (κ1) is 10.1. The Labute approximate surface area is 93.0 Å². The highest BCUT2D eigenvalue weighted by Gasteiger charge is 2.70. The zero-order valence-corrected chi connectivity index (χ0v) is 9.21. The van der Waals surface area contributed by atoms with Gasteiger partial charge in [0.25, 0.3) is 0 Å². The number of carbonyl (C=O) groups is 2. The minimum Gasteiger partial charge on any atom is -0.469 e. The van der Waals surface area contributed by atoms with Gasteiger partial charge in [0.05, 0.1) is 38.3 Å². The van der Waals surface area contributed by atoms with Gasteiger partial charge in [-0.25, -0.2) is 0 Å². The molecule has 0 aromatic rings. The lowest BCUT2D eigenvalue weighted by atomic mass is 9.79. The SMILES string of the molecule is COC(=O)C1C2OC(C3CC32)C1C(=O)OC. The number of hydrogen-bond donors (Lipinski definition) is 0. The standard InChI is InChI=1S/C11H14O5/c1-14-10(12)6-7(11(13)15-2)9-5-3-4(5)8(6)16-9/h4-9H,3H2,1-2H3. The minimum absolute atomic E-state index is 0.133. The summed E-state index contributed by atoms with van der Waals surface area (Å²) in [6.45, 7) is 0. The average Bonchev–Trinajstić information content (AvgIpc) is 2.93. The highest BCUT2D eigenvalue weighted by molar-refractivity contribution is 5.84. The Hall–Kier alpha value is -1.10. The molecule has 1 aliphatic carbocycles. The third-order valence-electron chi connectivity index (χ3n) is 4.09. The molecule has 0 amide bonds. The Kier molecular flexibility index (Phi) is 2.01. The molecule has 3 rings (SSSR count). The molecule has 0 spiro atoms. The van der Waals surface area contributed by atoms with E-state index in [1.54, 1.807) is 0 Å². The molecule has 0 N–H and O–H groups in total. The number of fused-ring (bicyclic) bond motifs is 5. The van der Waals surface area contributed by atoms with Gasteiger partial charge in [-0.05, 0) is 18.3 Å². The van der Waals surface area contributed by atoms with Crippen LogP contribution in [0.4, 0.5) is 0 Å². The van der Waals surface area contributed by atoms with Crippen LogP contribution in [0.1, 0.15) is 6.42 Å². The van der Waals surface area contributed by atoms with Gasteiger partial charge in [-0.3, -0.25) is 9.59 Å². The summed E-state index contributed by atoms with van der Waals surface area (Å²) in [6, 6.07) is 0. The largest absolute Gasteiger partial charge is 0.469 e. The van der Waals surface area contributed by atoms with Crippen molar-refractivity contribution in [2.24, 2.45) is 23.7 Å². The summed E-state index contributed by atoms with van der Waals surface area (Å²) < 4.78 is 15.2. The van der Waals surface area contributed by atoms with Crippen LogP contribution in [0.25, 0.3) is 0 Å². The second-order valence-corrected chi connectivity index (χ2v) is 4.73. The lowest BCUT2D eigenvalue weighted by molar-refractivity contribution is -0.158. The molecule has 6 atom stereocenters. The van der Waals surface area contributed by atoms with E-state index in [2.05, 4.69) is 0 Å². The predicted octanol–water partition coefficient (Wildman–Crippen LogP) is -0.0181. The van der Waals surface area contributed by atoms with Gasteiger partial charge in [0, 0.05) is 0 Å². The van der Waals surface area contributed by atoms with Crippen molar-refractivity contribution in [2.45, 2.75) is 18.6 Å². The van der Waals surface area contributed by atoms with Gasteiger partial charge in [0.2, 0.25) is 0 Å². The molecule has 5 nitrogen and oxygen atoms in total. The first-order valence-corrected chi connectivity index (χ1v) is 5.50. The molecule has 88 valence electrons. The number of ether oxygens (including phenoxy) is 3. The highest BCUT2D eigenvalue weighted by atomic mass is 16.6. The van der Waals surface area contributed by atoms with Gasteiger partial charge in [-0.1, -0.05) is 0 Å². The van der Waals surface area contributed by atoms with E-state index in [1.165, 1.54) is 14.2 Å². The van der Waals surface area contributed by atoms with E-state index < -0.39 is 11.8 Å². The third-order valence-corrected chi connectivity index (χ3v) is 4.09. The van der Waals surface area contributed by atoms with Crippen molar-refractivity contribution in [3.63, 3.8) is 0 Å². The Bertz CT molecular complexity index is 320. The van der Waals surface area contributed by atoms with E-state index in [1.807, 2.05) is 0 Å². The quantitative estimate of drug-likeness (QED) is 0.619. The molecule has 6 unspecified atom stereocenters. The van der Waals surface area contributed by atoms with Crippen LogP contribution >= 0.6 is 0 Å². The fourth-order valence-corrected chi connectivity index (χ4v) is 3.32. The van der Waals surface area contributed by atoms with Crippen LogP contribution in [0, 0.1) is 23.7 Å². The van der Waals surface area contributed by atoms with Gasteiger partial charge < -0.3 is 14.2 Å². The number of hydrogen-bond acceptors (Lipinski definition) is 5. The van der Waals surface area contributed by atoms with Crippen LogP contribution in [0.3, 0.4) is 0 Å². The van der Waals surface area contributed by atoms with Crippen molar-refractivity contribution in [3.8, 4) is 0 Å². The van der Waals surface area contributed by atoms with Gasteiger partial charge in [0.15, 0.2) is 0 Å². The second-order valence-electron chi connectivity index (χ2n) is 4.73. The maximum Gasteiger partial charge on any atom is 0.312 e. The van der Waals surface area contributed by atoms with Crippen molar-refractivity contribution in [1.82, 2.24) is 0 Å². The van der Waals surface area contributed by atoms with Gasteiger partial charge in [0.1, 0.15) is 0 Å². The highest BCUT2D eigenvalue weighted by Crippen LogP contribution is 2.63. The molecular formula is C11H14O5. The van der Waals surface area contributed by atoms with Gasteiger partial charge in [-0.2, -0.15) is 0 Å². The Morgan fingerprint density at radius 3 is 1.81 bits per heavy atom. The predicted molar refractivity (Wildman–Crippen MR) is 51.3 cm³/mol. The molecule has 2 bridgehead atoms. The van der Waals surface area contributed by atoms with E-state index in [4.69, 9.17) is 14.2 Å². The molecule has 5 heteroatoms. The Morgan fingerprint density at radius 1 is 1.00 bits per heavy atom. The summed E-state index contributed by atoms with van der Waals surface area (Å²) in [5.41, 5.74) is 0. The molecule has 0 aromatic carbocycles. The summed E-state index contributed by atoms with van der Waals surface area (Å²) in [5.74, 6) is -0.732. The van der Waals surface area contributed by atoms with Crippen molar-refractivity contribution in [3.05, 3.63) is 0 Å². The molecule has 3 aliphatic rings. The topological polar surface area (TPSA) is 61.8 Å². The normalized spacial score (nSPS) is 47.4. The smallest absolute Gasteiger partial charge is 0.312 e. The van der Waals surface area contributed by atoms with Crippen molar-refractivity contribution in [2.75, 3.05) is 14.2 Å². The molecule has 3 fully saturated rings. The van der Waals surface area contributed by atoms with Gasteiger partial charge >= 0.3 is 11.9 Å². The number of methoxy groups -OCH3 is 2. The van der Waals surface area contributed by atoms with Crippen molar-refractivity contribution in [1.29, 1.82) is 0 Å². The fraction of sp³-hybridized carbons (Fsp3) is 0.818. The monoisotopic (exact) mass is 226 g/mol.